The molecule has 0 saturated heterocycles. The molecule has 15 heavy (non-hydrogen) atoms. The van der Waals surface area contributed by atoms with Crippen LogP contribution in [0.3, 0.4) is 0 Å². The molecule has 0 aliphatic heterocycles. The highest BCUT2D eigenvalue weighted by atomic mass is 79.9. The number of phenolic OH excluding ortho intramolecular Hbond substituents is 1. The Bertz CT molecular complexity index is 387. The van der Waals surface area contributed by atoms with E-state index in [0.717, 1.165) is 0 Å². The van der Waals surface area contributed by atoms with Gasteiger partial charge in [-0.15, -0.1) is 0 Å². The molecule has 82 valence electrons. The van der Waals surface area contributed by atoms with Crippen LogP contribution in [-0.2, 0) is 11.2 Å². The van der Waals surface area contributed by atoms with Crippen molar-refractivity contribution in [1.29, 1.82) is 0 Å². The second-order valence-corrected chi connectivity index (χ2v) is 3.79. The summed E-state index contributed by atoms with van der Waals surface area (Å²) >= 11 is 3.03. The van der Waals surface area contributed by atoms with Crippen LogP contribution < -0.4 is 0 Å². The van der Waals surface area contributed by atoms with E-state index >= 15 is 0 Å². The highest BCUT2D eigenvalue weighted by Crippen LogP contribution is 2.25. The van der Waals surface area contributed by atoms with E-state index in [4.69, 9.17) is 0 Å². The molecule has 0 saturated carbocycles. The number of benzene rings is 1. The van der Waals surface area contributed by atoms with Crippen LogP contribution in [0.4, 0.5) is 13.2 Å². The van der Waals surface area contributed by atoms with Crippen molar-refractivity contribution in [3.8, 4) is 5.75 Å². The molecule has 6 heteroatoms. The first-order valence-electron chi connectivity index (χ1n) is 3.88. The summed E-state index contributed by atoms with van der Waals surface area (Å²) < 4.78 is 36.3. The summed E-state index contributed by atoms with van der Waals surface area (Å²) in [7, 11) is 0. The molecule has 0 radical (unpaired) electrons. The number of hydrogen-bond donors (Lipinski definition) is 1. The molecule has 0 atom stereocenters. The first-order chi connectivity index (χ1) is 6.80. The highest BCUT2D eigenvalue weighted by molar-refractivity contribution is 9.10. The number of rotatable bonds is 2. The molecule has 1 aromatic carbocycles. The number of aromatic hydroxyl groups is 1. The van der Waals surface area contributed by atoms with Crippen LogP contribution in [0.25, 0.3) is 0 Å². The normalized spacial score (nSPS) is 11.5. The Morgan fingerprint density at radius 3 is 2.53 bits per heavy atom. The zero-order chi connectivity index (χ0) is 11.6. The lowest BCUT2D eigenvalue weighted by atomic mass is 10.1. The maximum absolute atomic E-state index is 11.9. The van der Waals surface area contributed by atoms with Gasteiger partial charge in [-0.05, 0) is 18.2 Å². The van der Waals surface area contributed by atoms with Gasteiger partial charge in [-0.3, -0.25) is 4.79 Å². The second kappa shape index (κ2) is 4.22. The summed E-state index contributed by atoms with van der Waals surface area (Å²) in [5, 5.41) is 9.21. The van der Waals surface area contributed by atoms with Gasteiger partial charge in [0.1, 0.15) is 5.75 Å². The Labute approximate surface area is 91.8 Å². The van der Waals surface area contributed by atoms with Crippen molar-refractivity contribution < 1.29 is 23.1 Å². The zero-order valence-electron chi connectivity index (χ0n) is 7.31. The van der Waals surface area contributed by atoms with Crippen molar-refractivity contribution in [2.75, 3.05) is 0 Å². The van der Waals surface area contributed by atoms with Crippen LogP contribution in [0.5, 0.6) is 5.75 Å². The fraction of sp³-hybridized carbons (Fsp3) is 0.222. The van der Waals surface area contributed by atoms with Gasteiger partial charge in [0, 0.05) is 16.5 Å². The number of phenols is 1. The molecule has 0 spiro atoms. The maximum Gasteiger partial charge on any atom is 0.450 e. The minimum absolute atomic E-state index is 0.0494. The average molecular weight is 283 g/mol. The summed E-state index contributed by atoms with van der Waals surface area (Å²) in [6.45, 7) is 0. The number of alkyl halides is 3. The third-order valence-corrected chi connectivity index (χ3v) is 2.20. The number of carbonyl (C=O) groups excluding carboxylic acids is 1. The van der Waals surface area contributed by atoms with Crippen LogP contribution in [0.2, 0.25) is 0 Å². The summed E-state index contributed by atoms with van der Waals surface area (Å²) in [5.41, 5.74) is -0.0494. The quantitative estimate of drug-likeness (QED) is 0.906. The van der Waals surface area contributed by atoms with Crippen LogP contribution in [0.15, 0.2) is 22.7 Å². The fourth-order valence-corrected chi connectivity index (χ4v) is 1.38. The lowest BCUT2D eigenvalue weighted by Gasteiger charge is -2.07. The predicted octanol–water partition coefficient (Wildman–Crippen LogP) is 2.83. The van der Waals surface area contributed by atoms with Gasteiger partial charge in [-0.2, -0.15) is 13.2 Å². The molecule has 0 aromatic heterocycles. The molecule has 0 amide bonds. The Balaban J connectivity index is 2.90. The predicted molar refractivity (Wildman–Crippen MR) is 50.6 cm³/mol. The van der Waals surface area contributed by atoms with Gasteiger partial charge in [0.15, 0.2) is 0 Å². The van der Waals surface area contributed by atoms with Gasteiger partial charge < -0.3 is 5.11 Å². The molecule has 0 aliphatic carbocycles. The van der Waals surface area contributed by atoms with E-state index in [1.54, 1.807) is 0 Å². The second-order valence-electron chi connectivity index (χ2n) is 2.87. The monoisotopic (exact) mass is 282 g/mol. The molecular weight excluding hydrogens is 277 g/mol. The van der Waals surface area contributed by atoms with E-state index in [2.05, 4.69) is 15.9 Å². The molecular formula is C9H6BrF3O2. The van der Waals surface area contributed by atoms with E-state index in [9.17, 15) is 23.1 Å². The van der Waals surface area contributed by atoms with E-state index in [-0.39, 0.29) is 11.3 Å². The van der Waals surface area contributed by atoms with Crippen molar-refractivity contribution in [3.05, 3.63) is 28.2 Å². The summed E-state index contributed by atoms with van der Waals surface area (Å²) in [4.78, 5) is 10.6. The lowest BCUT2D eigenvalue weighted by Crippen LogP contribution is -2.24. The molecule has 0 unspecified atom stereocenters. The summed E-state index contributed by atoms with van der Waals surface area (Å²) in [6, 6.07) is 3.97. The number of Topliss-reactive ketones (excluding diaryl/α,β-unsaturated/α-hetero) is 1. The standard InChI is InChI=1S/C9H6BrF3O2/c10-6-1-2-7(14)5(3-6)4-8(15)9(11,12)13/h1-3,14H,4H2. The van der Waals surface area contributed by atoms with Crippen molar-refractivity contribution in [2.45, 2.75) is 12.6 Å². The van der Waals surface area contributed by atoms with Crippen molar-refractivity contribution in [3.63, 3.8) is 0 Å². The number of ketones is 1. The van der Waals surface area contributed by atoms with Gasteiger partial charge in [0.25, 0.3) is 0 Å². The van der Waals surface area contributed by atoms with E-state index < -0.39 is 18.4 Å². The Hall–Kier alpha value is -1.04. The van der Waals surface area contributed by atoms with Gasteiger partial charge in [-0.25, -0.2) is 0 Å². The van der Waals surface area contributed by atoms with Crippen molar-refractivity contribution >= 4 is 21.7 Å². The maximum atomic E-state index is 11.9. The van der Waals surface area contributed by atoms with E-state index in [1.165, 1.54) is 18.2 Å². The topological polar surface area (TPSA) is 37.3 Å². The van der Waals surface area contributed by atoms with Crippen LogP contribution >= 0.6 is 15.9 Å². The zero-order valence-corrected chi connectivity index (χ0v) is 8.89. The van der Waals surface area contributed by atoms with Crippen LogP contribution in [0.1, 0.15) is 5.56 Å². The molecule has 0 heterocycles. The molecule has 0 aliphatic rings. The number of carbonyl (C=O) groups is 1. The highest BCUT2D eigenvalue weighted by Gasteiger charge is 2.38. The van der Waals surface area contributed by atoms with Crippen molar-refractivity contribution in [1.82, 2.24) is 0 Å². The molecule has 1 N–H and O–H groups in total. The first-order valence-corrected chi connectivity index (χ1v) is 4.67. The number of hydrogen-bond acceptors (Lipinski definition) is 2. The largest absolute Gasteiger partial charge is 0.508 e. The first kappa shape index (κ1) is 12.0. The van der Waals surface area contributed by atoms with Gasteiger partial charge in [0.05, 0.1) is 0 Å². The summed E-state index contributed by atoms with van der Waals surface area (Å²) in [6.07, 6.45) is -5.72. The Morgan fingerprint density at radius 1 is 1.40 bits per heavy atom. The van der Waals surface area contributed by atoms with Gasteiger partial charge in [0.2, 0.25) is 5.78 Å². The van der Waals surface area contributed by atoms with Crippen LogP contribution in [0, 0.1) is 0 Å². The molecule has 1 aromatic rings. The number of halogens is 4. The molecule has 0 bridgehead atoms. The van der Waals surface area contributed by atoms with E-state index in [1.807, 2.05) is 0 Å². The average Bonchev–Trinajstić information content (AvgIpc) is 2.09. The SMILES string of the molecule is O=C(Cc1cc(Br)ccc1O)C(F)(F)F. The molecule has 2 nitrogen and oxygen atoms in total. The Morgan fingerprint density at radius 2 is 2.00 bits per heavy atom. The third kappa shape index (κ3) is 3.23. The lowest BCUT2D eigenvalue weighted by molar-refractivity contribution is -0.170. The minimum atomic E-state index is -4.87. The molecule has 0 fully saturated rings. The fourth-order valence-electron chi connectivity index (χ4n) is 0.969. The van der Waals surface area contributed by atoms with Crippen LogP contribution in [-0.4, -0.2) is 17.1 Å². The smallest absolute Gasteiger partial charge is 0.450 e. The summed E-state index contributed by atoms with van der Waals surface area (Å²) in [5.74, 6) is -2.20. The minimum Gasteiger partial charge on any atom is -0.508 e. The molecule has 1 rings (SSSR count). The van der Waals surface area contributed by atoms with E-state index in [0.29, 0.717) is 4.47 Å². The third-order valence-electron chi connectivity index (χ3n) is 1.71. The Kier molecular flexibility index (Phi) is 3.38. The van der Waals surface area contributed by atoms with Gasteiger partial charge >= 0.3 is 6.18 Å². The van der Waals surface area contributed by atoms with Gasteiger partial charge in [-0.1, -0.05) is 15.9 Å². The van der Waals surface area contributed by atoms with Crippen molar-refractivity contribution in [2.24, 2.45) is 0 Å².